The molecule has 1 heterocycles. The van der Waals surface area contributed by atoms with Crippen LogP contribution in [0, 0.1) is 11.8 Å². The summed E-state index contributed by atoms with van der Waals surface area (Å²) in [5.74, 6) is -0.836. The molecule has 1 atom stereocenters. The fourth-order valence-electron chi connectivity index (χ4n) is 1.91. The summed E-state index contributed by atoms with van der Waals surface area (Å²) in [4.78, 5) is 12.5. The minimum atomic E-state index is -0.553. The Morgan fingerprint density at radius 1 is 1.45 bits per heavy atom. The van der Waals surface area contributed by atoms with Crippen molar-refractivity contribution in [2.45, 2.75) is 13.8 Å². The number of nitrogens with two attached hydrogens (primary N) is 1. The number of rotatable bonds is 4. The van der Waals surface area contributed by atoms with Gasteiger partial charge in [-0.1, -0.05) is 37.7 Å². The van der Waals surface area contributed by atoms with E-state index in [1.54, 1.807) is 12.1 Å². The molecular weight excluding hydrogens is 316 g/mol. The molecule has 5 nitrogen and oxygen atoms in total. The Labute approximate surface area is 130 Å². The zero-order valence-corrected chi connectivity index (χ0v) is 13.3. The quantitative estimate of drug-likeness (QED) is 0.843. The van der Waals surface area contributed by atoms with Crippen molar-refractivity contribution in [3.63, 3.8) is 0 Å². The predicted octanol–water partition coefficient (Wildman–Crippen LogP) is 2.84. The first kappa shape index (κ1) is 15.1. The highest BCUT2D eigenvalue weighted by molar-refractivity contribution is 7.80. The van der Waals surface area contributed by atoms with Crippen LogP contribution in [0.4, 0.5) is 5.69 Å². The molecular formula is C12H13ClN4OS2. The molecule has 0 saturated carbocycles. The highest BCUT2D eigenvalue weighted by atomic mass is 35.5. The van der Waals surface area contributed by atoms with Crippen LogP contribution in [0.1, 0.15) is 13.8 Å². The number of halogens is 1. The summed E-state index contributed by atoms with van der Waals surface area (Å²) >= 11 is 12.1. The van der Waals surface area contributed by atoms with Crippen LogP contribution < -0.4 is 11.1 Å². The minimum absolute atomic E-state index is 0.000891. The van der Waals surface area contributed by atoms with Gasteiger partial charge in [-0.05, 0) is 18.1 Å². The van der Waals surface area contributed by atoms with Gasteiger partial charge in [0.25, 0.3) is 0 Å². The van der Waals surface area contributed by atoms with E-state index in [-0.39, 0.29) is 16.8 Å². The molecule has 0 spiro atoms. The highest BCUT2D eigenvalue weighted by Crippen LogP contribution is 2.30. The number of aromatic nitrogens is 2. The normalized spacial score (nSPS) is 12.6. The maximum Gasteiger partial charge on any atom is 0.234 e. The third-order valence-corrected chi connectivity index (χ3v) is 3.99. The fraction of sp³-hybridized carbons (Fsp3) is 0.333. The molecule has 2 aromatic rings. The molecule has 1 aromatic carbocycles. The molecule has 0 fully saturated rings. The lowest BCUT2D eigenvalue weighted by Crippen LogP contribution is -2.36. The van der Waals surface area contributed by atoms with E-state index in [0.29, 0.717) is 21.7 Å². The molecule has 0 aliphatic rings. The second-order valence-corrected chi connectivity index (χ2v) is 6.07. The number of benzene rings is 1. The molecule has 0 saturated heterocycles. The summed E-state index contributed by atoms with van der Waals surface area (Å²) in [5.41, 5.74) is 7.34. The first-order chi connectivity index (χ1) is 9.41. The second-order valence-electron chi connectivity index (χ2n) is 4.67. The van der Waals surface area contributed by atoms with Crippen molar-refractivity contribution in [3.05, 3.63) is 17.2 Å². The van der Waals surface area contributed by atoms with Gasteiger partial charge in [-0.2, -0.15) is 8.75 Å². The lowest BCUT2D eigenvalue weighted by Gasteiger charge is -2.19. The summed E-state index contributed by atoms with van der Waals surface area (Å²) in [6.07, 6.45) is 0. The molecule has 1 aromatic heterocycles. The number of amides is 1. The Morgan fingerprint density at radius 3 is 2.75 bits per heavy atom. The lowest BCUT2D eigenvalue weighted by atomic mass is 9.95. The summed E-state index contributed by atoms with van der Waals surface area (Å²) < 4.78 is 8.26. The van der Waals surface area contributed by atoms with Crippen LogP contribution in [0.5, 0.6) is 0 Å². The smallest absolute Gasteiger partial charge is 0.234 e. The van der Waals surface area contributed by atoms with E-state index in [1.165, 1.54) is 0 Å². The van der Waals surface area contributed by atoms with Crippen molar-refractivity contribution < 1.29 is 4.79 Å². The van der Waals surface area contributed by atoms with E-state index < -0.39 is 5.92 Å². The minimum Gasteiger partial charge on any atom is -0.393 e. The van der Waals surface area contributed by atoms with E-state index in [9.17, 15) is 4.79 Å². The van der Waals surface area contributed by atoms with Crippen LogP contribution in [0.2, 0.25) is 5.02 Å². The number of carbonyl (C=O) groups excluding carboxylic acids is 1. The van der Waals surface area contributed by atoms with Gasteiger partial charge in [-0.25, -0.2) is 0 Å². The topological polar surface area (TPSA) is 80.9 Å². The molecule has 1 unspecified atom stereocenters. The number of nitrogens with one attached hydrogen (secondary N) is 1. The predicted molar refractivity (Wildman–Crippen MR) is 86.2 cm³/mol. The average Bonchev–Trinajstić information content (AvgIpc) is 2.80. The first-order valence-corrected chi connectivity index (χ1v) is 7.44. The van der Waals surface area contributed by atoms with Crippen molar-refractivity contribution in [1.29, 1.82) is 0 Å². The van der Waals surface area contributed by atoms with Gasteiger partial charge in [-0.15, -0.1) is 0 Å². The maximum atomic E-state index is 12.3. The van der Waals surface area contributed by atoms with Gasteiger partial charge < -0.3 is 11.1 Å². The van der Waals surface area contributed by atoms with E-state index in [2.05, 4.69) is 14.1 Å². The molecule has 0 aliphatic carbocycles. The monoisotopic (exact) mass is 328 g/mol. The molecule has 0 bridgehead atoms. The Balaban J connectivity index is 2.36. The van der Waals surface area contributed by atoms with E-state index >= 15 is 0 Å². The number of nitrogens with zero attached hydrogens (tertiary/aromatic N) is 2. The van der Waals surface area contributed by atoms with Crippen LogP contribution in [-0.2, 0) is 4.79 Å². The molecule has 1 amide bonds. The summed E-state index contributed by atoms with van der Waals surface area (Å²) in [6.45, 7) is 3.77. The number of hydrogen-bond acceptors (Lipinski definition) is 5. The van der Waals surface area contributed by atoms with Crippen LogP contribution in [0.25, 0.3) is 11.0 Å². The van der Waals surface area contributed by atoms with Crippen LogP contribution in [0.3, 0.4) is 0 Å². The number of carbonyl (C=O) groups is 1. The van der Waals surface area contributed by atoms with Gasteiger partial charge in [0.2, 0.25) is 5.91 Å². The van der Waals surface area contributed by atoms with Gasteiger partial charge in [-0.3, -0.25) is 4.79 Å². The molecule has 3 N–H and O–H groups in total. The van der Waals surface area contributed by atoms with Gasteiger partial charge in [0.1, 0.15) is 11.0 Å². The van der Waals surface area contributed by atoms with Crippen LogP contribution in [-0.4, -0.2) is 19.6 Å². The van der Waals surface area contributed by atoms with Gasteiger partial charge in [0.15, 0.2) is 0 Å². The summed E-state index contributed by atoms with van der Waals surface area (Å²) in [7, 11) is 0. The zero-order valence-electron chi connectivity index (χ0n) is 10.9. The Kier molecular flexibility index (Phi) is 4.52. The summed E-state index contributed by atoms with van der Waals surface area (Å²) in [6, 6.07) is 3.43. The molecule has 20 heavy (non-hydrogen) atoms. The lowest BCUT2D eigenvalue weighted by molar-refractivity contribution is -0.118. The Morgan fingerprint density at radius 2 is 2.15 bits per heavy atom. The molecule has 0 aliphatic heterocycles. The number of fused-ring (bicyclic) bond motifs is 1. The molecule has 2 rings (SSSR count). The zero-order chi connectivity index (χ0) is 14.9. The van der Waals surface area contributed by atoms with E-state index in [0.717, 1.165) is 11.7 Å². The van der Waals surface area contributed by atoms with Gasteiger partial charge >= 0.3 is 0 Å². The third kappa shape index (κ3) is 2.89. The number of thiocarbonyl (C=S) groups is 1. The fourth-order valence-corrected chi connectivity index (χ4v) is 3.03. The van der Waals surface area contributed by atoms with Crippen molar-refractivity contribution >= 4 is 63.2 Å². The Bertz CT molecular complexity index is 671. The number of anilines is 1. The second kappa shape index (κ2) is 5.99. The maximum absolute atomic E-state index is 12.3. The molecule has 106 valence electrons. The first-order valence-electron chi connectivity index (χ1n) is 5.92. The van der Waals surface area contributed by atoms with Crippen molar-refractivity contribution in [3.8, 4) is 0 Å². The standard InChI is InChI=1S/C12H13ClN4OS2/c1-5(2)8(11(14)19)12(18)15-9-6(13)3-4-7-10(9)17-20-16-7/h3-5,8H,1-2H3,(H2,14,19)(H,15,18). The molecule has 8 heteroatoms. The third-order valence-electron chi connectivity index (χ3n) is 2.88. The highest BCUT2D eigenvalue weighted by Gasteiger charge is 2.26. The van der Waals surface area contributed by atoms with Crippen LogP contribution >= 0.6 is 35.5 Å². The van der Waals surface area contributed by atoms with E-state index in [1.807, 2.05) is 13.8 Å². The average molecular weight is 329 g/mol. The summed E-state index contributed by atoms with van der Waals surface area (Å²) in [5, 5.41) is 3.17. The molecule has 0 radical (unpaired) electrons. The SMILES string of the molecule is CC(C)C(C(=O)Nc1c(Cl)ccc2nsnc12)C(N)=S. The number of hydrogen-bond donors (Lipinski definition) is 2. The Hall–Kier alpha value is -1.31. The van der Waals surface area contributed by atoms with Crippen molar-refractivity contribution in [2.75, 3.05) is 5.32 Å². The van der Waals surface area contributed by atoms with Gasteiger partial charge in [0.05, 0.1) is 33.3 Å². The van der Waals surface area contributed by atoms with Crippen molar-refractivity contribution in [1.82, 2.24) is 8.75 Å². The van der Waals surface area contributed by atoms with Crippen molar-refractivity contribution in [2.24, 2.45) is 17.6 Å². The van der Waals surface area contributed by atoms with E-state index in [4.69, 9.17) is 29.6 Å². The van der Waals surface area contributed by atoms with Crippen LogP contribution in [0.15, 0.2) is 12.1 Å². The largest absolute Gasteiger partial charge is 0.393 e. The van der Waals surface area contributed by atoms with Gasteiger partial charge in [0, 0.05) is 0 Å².